The first-order valence-electron chi connectivity index (χ1n) is 22.6. The van der Waals surface area contributed by atoms with Gasteiger partial charge in [-0.2, -0.15) is 0 Å². The van der Waals surface area contributed by atoms with Crippen molar-refractivity contribution in [3.05, 3.63) is 169 Å². The maximum atomic E-state index is 9.90. The lowest BCUT2D eigenvalue weighted by Gasteiger charge is -2.18. The molecule has 0 aliphatic carbocycles. The molecule has 0 aliphatic heterocycles. The van der Waals surface area contributed by atoms with Crippen molar-refractivity contribution in [1.29, 1.82) is 0 Å². The summed E-state index contributed by atoms with van der Waals surface area (Å²) in [5.74, 6) is 0. The van der Waals surface area contributed by atoms with Gasteiger partial charge in [-0.15, -0.1) is 0 Å². The number of rotatable bonds is 4. The number of hydrogen-bond donors (Lipinski definition) is 0. The fourth-order valence-electron chi connectivity index (χ4n) is 5.95. The van der Waals surface area contributed by atoms with E-state index in [0.717, 1.165) is 11.1 Å². The number of benzene rings is 8. The van der Waals surface area contributed by atoms with Crippen LogP contribution < -0.4 is 0 Å². The standard InChI is InChI=1S/C44H28O/c1-3-13-29(14-4-1)31-25-26-40-39(28-31)44-34(23-12-24-41(44)45-40)32-17-11-18-33(27-32)43-37-21-9-7-19-35(37)42(30-15-5-2-6-16-30)36-20-8-10-22-38(36)43/h1-28H/i2D,5D,6D,7D,8D,9D,10D,11D,15D,16D,17D,18D,19D,20D,21D,22D,27D. The van der Waals surface area contributed by atoms with Crippen molar-refractivity contribution in [2.45, 2.75) is 0 Å². The monoisotopic (exact) mass is 589 g/mol. The SMILES string of the molecule is [2H]c1c([2H])c([2H])c(-c2c3c([2H])c([2H])c([2H])c([2H])c3c(-c3c([2H])c([2H])c([2H])c(-c4cccc5oc6ccc(-c7ccccc7)cc6c45)c3[2H])c3c([2H])c([2H])c([2H])c([2H])c23)c([2H])c1[2H]. The number of hydrogen-bond acceptors (Lipinski definition) is 1. The van der Waals surface area contributed by atoms with Crippen LogP contribution in [0.3, 0.4) is 0 Å². The summed E-state index contributed by atoms with van der Waals surface area (Å²) in [6.45, 7) is 0. The van der Waals surface area contributed by atoms with Gasteiger partial charge in [0.25, 0.3) is 0 Å². The van der Waals surface area contributed by atoms with Crippen LogP contribution in [0.2, 0.25) is 0 Å². The van der Waals surface area contributed by atoms with Crippen LogP contribution in [0, 0.1) is 0 Å². The lowest BCUT2D eigenvalue weighted by molar-refractivity contribution is 0.669. The minimum Gasteiger partial charge on any atom is -0.456 e. The van der Waals surface area contributed by atoms with Gasteiger partial charge in [-0.3, -0.25) is 0 Å². The topological polar surface area (TPSA) is 13.1 Å². The highest BCUT2D eigenvalue weighted by atomic mass is 16.3. The van der Waals surface area contributed by atoms with Crippen molar-refractivity contribution in [2.24, 2.45) is 0 Å². The van der Waals surface area contributed by atoms with E-state index in [9.17, 15) is 9.60 Å². The van der Waals surface area contributed by atoms with Gasteiger partial charge in [0.15, 0.2) is 0 Å². The predicted octanol–water partition coefficient (Wildman–Crippen LogP) is 12.6. The van der Waals surface area contributed by atoms with Crippen molar-refractivity contribution < 1.29 is 27.7 Å². The molecule has 8 aromatic carbocycles. The molecule has 45 heavy (non-hydrogen) atoms. The molecule has 0 fully saturated rings. The Morgan fingerprint density at radius 1 is 0.400 bits per heavy atom. The first-order chi connectivity index (χ1) is 29.4. The van der Waals surface area contributed by atoms with Gasteiger partial charge in [0.2, 0.25) is 0 Å². The van der Waals surface area contributed by atoms with Crippen molar-refractivity contribution in [1.82, 2.24) is 0 Å². The molecule has 0 atom stereocenters. The maximum absolute atomic E-state index is 9.90. The van der Waals surface area contributed by atoms with Crippen molar-refractivity contribution in [3.8, 4) is 44.5 Å². The summed E-state index contributed by atoms with van der Waals surface area (Å²) in [6, 6.07) is 6.88. The normalized spacial score (nSPS) is 16.8. The molecule has 1 nitrogen and oxygen atoms in total. The predicted molar refractivity (Wildman–Crippen MR) is 190 cm³/mol. The minimum atomic E-state index is -0.823. The molecule has 0 radical (unpaired) electrons. The van der Waals surface area contributed by atoms with E-state index in [0.29, 0.717) is 21.9 Å². The average molecular weight is 590 g/mol. The Balaban J connectivity index is 1.53. The van der Waals surface area contributed by atoms with Crippen LogP contribution in [0.25, 0.3) is 88.0 Å². The molecule has 1 heteroatoms. The number of furan rings is 1. The largest absolute Gasteiger partial charge is 0.456 e. The molecule has 0 spiro atoms. The Morgan fingerprint density at radius 2 is 1.02 bits per heavy atom. The van der Waals surface area contributed by atoms with E-state index in [1.807, 2.05) is 42.5 Å². The zero-order chi connectivity index (χ0) is 44.5. The third-order valence-corrected chi connectivity index (χ3v) is 7.87. The second-order valence-electron chi connectivity index (χ2n) is 10.4. The highest BCUT2D eigenvalue weighted by Gasteiger charge is 2.18. The molecule has 0 saturated heterocycles. The van der Waals surface area contributed by atoms with Crippen LogP contribution in [0.4, 0.5) is 0 Å². The first-order valence-corrected chi connectivity index (χ1v) is 14.1. The zero-order valence-corrected chi connectivity index (χ0v) is 23.3. The van der Waals surface area contributed by atoms with Gasteiger partial charge in [0.1, 0.15) is 11.2 Å². The van der Waals surface area contributed by atoms with Gasteiger partial charge in [0.05, 0.1) is 23.3 Å². The van der Waals surface area contributed by atoms with Crippen molar-refractivity contribution >= 4 is 43.5 Å². The zero-order valence-electron chi connectivity index (χ0n) is 40.3. The molecule has 0 unspecified atom stereocenters. The Hall–Kier alpha value is -5.92. The summed E-state index contributed by atoms with van der Waals surface area (Å²) in [6.07, 6.45) is 0. The molecule has 0 bridgehead atoms. The molecule has 0 N–H and O–H groups in total. The summed E-state index contributed by atoms with van der Waals surface area (Å²) < 4.78 is 159. The quantitative estimate of drug-likeness (QED) is 0.186. The number of fused-ring (bicyclic) bond motifs is 5. The van der Waals surface area contributed by atoms with E-state index in [1.54, 1.807) is 24.3 Å². The van der Waals surface area contributed by atoms with Gasteiger partial charge in [-0.05, 0) is 90.3 Å². The van der Waals surface area contributed by atoms with Gasteiger partial charge < -0.3 is 4.42 Å². The molecule has 0 saturated carbocycles. The Kier molecular flexibility index (Phi) is 3.18. The van der Waals surface area contributed by atoms with Crippen LogP contribution >= 0.6 is 0 Å². The van der Waals surface area contributed by atoms with E-state index in [-0.39, 0.29) is 11.1 Å². The molecule has 9 aromatic rings. The summed E-state index contributed by atoms with van der Waals surface area (Å²) in [4.78, 5) is 0. The molecule has 210 valence electrons. The third-order valence-electron chi connectivity index (χ3n) is 7.87. The van der Waals surface area contributed by atoms with Gasteiger partial charge in [-0.1, -0.05) is 145 Å². The molecule has 9 rings (SSSR count). The summed E-state index contributed by atoms with van der Waals surface area (Å²) in [5, 5.41) is -0.971. The van der Waals surface area contributed by atoms with Crippen LogP contribution in [-0.2, 0) is 0 Å². The second kappa shape index (κ2) is 10.4. The summed E-state index contributed by atoms with van der Waals surface area (Å²) >= 11 is 0. The van der Waals surface area contributed by atoms with Gasteiger partial charge in [-0.25, -0.2) is 0 Å². The fourth-order valence-corrected chi connectivity index (χ4v) is 5.95. The van der Waals surface area contributed by atoms with Crippen molar-refractivity contribution in [3.63, 3.8) is 0 Å². The van der Waals surface area contributed by atoms with E-state index >= 15 is 0 Å². The van der Waals surface area contributed by atoms with E-state index in [2.05, 4.69) is 0 Å². The molecule has 0 aliphatic rings. The first kappa shape index (κ1) is 13.8. The molecular weight excluding hydrogens is 544 g/mol. The molecule has 1 aromatic heterocycles. The fraction of sp³-hybridized carbons (Fsp3) is 0. The summed E-state index contributed by atoms with van der Waals surface area (Å²) in [5.41, 5.74) is 0.531. The van der Waals surface area contributed by atoms with E-state index < -0.39 is 147 Å². The lowest BCUT2D eigenvalue weighted by Crippen LogP contribution is -1.91. The van der Waals surface area contributed by atoms with Crippen molar-refractivity contribution in [2.75, 3.05) is 0 Å². The van der Waals surface area contributed by atoms with Gasteiger partial charge in [0, 0.05) is 10.8 Å². The van der Waals surface area contributed by atoms with E-state index in [4.69, 9.17) is 18.1 Å². The van der Waals surface area contributed by atoms with Crippen LogP contribution in [-0.4, -0.2) is 0 Å². The summed E-state index contributed by atoms with van der Waals surface area (Å²) in [7, 11) is 0. The average Bonchev–Trinajstić information content (AvgIpc) is 3.65. The van der Waals surface area contributed by atoms with Crippen LogP contribution in [0.5, 0.6) is 0 Å². The van der Waals surface area contributed by atoms with E-state index in [1.165, 1.54) is 0 Å². The highest BCUT2D eigenvalue weighted by molar-refractivity contribution is 6.21. The van der Waals surface area contributed by atoms with Crippen LogP contribution in [0.1, 0.15) is 23.3 Å². The smallest absolute Gasteiger partial charge is 0.136 e. The Morgan fingerprint density at radius 3 is 1.73 bits per heavy atom. The molecule has 0 amide bonds. The minimum absolute atomic E-state index is 0.183. The molecular formula is C44H28O. The van der Waals surface area contributed by atoms with Gasteiger partial charge >= 0.3 is 0 Å². The second-order valence-corrected chi connectivity index (χ2v) is 10.4. The third kappa shape index (κ3) is 4.17. The molecule has 1 heterocycles. The lowest BCUT2D eigenvalue weighted by atomic mass is 9.85. The van der Waals surface area contributed by atoms with Crippen LogP contribution in [0.15, 0.2) is 174 Å². The Labute approximate surface area is 285 Å². The Bertz CT molecular complexity index is 3380. The maximum Gasteiger partial charge on any atom is 0.136 e. The highest BCUT2D eigenvalue weighted by Crippen LogP contribution is 2.45.